The predicted molar refractivity (Wildman–Crippen MR) is 75.3 cm³/mol. The van der Waals surface area contributed by atoms with E-state index >= 15 is 0 Å². The molecule has 0 aliphatic rings. The second-order valence-electron chi connectivity index (χ2n) is 5.75. The molecule has 0 aliphatic carbocycles. The van der Waals surface area contributed by atoms with Crippen LogP contribution in [0, 0.1) is 11.8 Å². The predicted octanol–water partition coefficient (Wildman–Crippen LogP) is 0.780. The van der Waals surface area contributed by atoms with Crippen molar-refractivity contribution in [3.8, 4) is 0 Å². The molecule has 0 aliphatic heterocycles. The minimum atomic E-state index is -4.12. The fraction of sp³-hybridized carbons (Fsp3) is 0.917. The molecule has 19 heavy (non-hydrogen) atoms. The molecular formula is C12H26N2O4S. The molecule has 114 valence electrons. The molecule has 0 spiro atoms. The molecule has 0 fully saturated rings. The lowest BCUT2D eigenvalue weighted by atomic mass is 9.92. The van der Waals surface area contributed by atoms with Gasteiger partial charge in [-0.05, 0) is 32.7 Å². The van der Waals surface area contributed by atoms with Gasteiger partial charge in [0.15, 0.2) is 0 Å². The van der Waals surface area contributed by atoms with Crippen LogP contribution >= 0.6 is 0 Å². The summed E-state index contributed by atoms with van der Waals surface area (Å²) in [5.74, 6) is -0.688. The van der Waals surface area contributed by atoms with Crippen molar-refractivity contribution in [1.29, 1.82) is 0 Å². The van der Waals surface area contributed by atoms with Crippen LogP contribution in [0.1, 0.15) is 40.5 Å². The van der Waals surface area contributed by atoms with Gasteiger partial charge in [-0.15, -0.1) is 0 Å². The number of carbonyl (C=O) groups is 1. The zero-order valence-electron chi connectivity index (χ0n) is 12.1. The SMILES string of the molecule is CCC(CN)CC(C)C(=O)NC(C)(C)CS(=O)(=O)O. The summed E-state index contributed by atoms with van der Waals surface area (Å²) in [6.07, 6.45) is 1.57. The highest BCUT2D eigenvalue weighted by Crippen LogP contribution is 2.16. The number of amides is 1. The van der Waals surface area contributed by atoms with Gasteiger partial charge in [-0.1, -0.05) is 20.3 Å². The minimum Gasteiger partial charge on any atom is -0.350 e. The number of nitrogens with two attached hydrogens (primary N) is 1. The van der Waals surface area contributed by atoms with Crippen molar-refractivity contribution >= 4 is 16.0 Å². The Hall–Kier alpha value is -0.660. The van der Waals surface area contributed by atoms with Crippen molar-refractivity contribution in [3.05, 3.63) is 0 Å². The van der Waals surface area contributed by atoms with E-state index in [1.807, 2.05) is 6.92 Å². The Morgan fingerprint density at radius 1 is 1.42 bits per heavy atom. The molecular weight excluding hydrogens is 268 g/mol. The number of rotatable bonds is 8. The van der Waals surface area contributed by atoms with E-state index in [1.54, 1.807) is 20.8 Å². The van der Waals surface area contributed by atoms with Crippen molar-refractivity contribution in [1.82, 2.24) is 5.32 Å². The fourth-order valence-corrected chi connectivity index (χ4v) is 2.97. The van der Waals surface area contributed by atoms with Crippen LogP contribution in [0.3, 0.4) is 0 Å². The molecule has 1 amide bonds. The highest BCUT2D eigenvalue weighted by atomic mass is 32.2. The fourth-order valence-electron chi connectivity index (χ4n) is 1.99. The average Bonchev–Trinajstić information content (AvgIpc) is 2.21. The maximum Gasteiger partial charge on any atom is 0.267 e. The third kappa shape index (κ3) is 8.18. The summed E-state index contributed by atoms with van der Waals surface area (Å²) in [6, 6.07) is 0. The van der Waals surface area contributed by atoms with Crippen molar-refractivity contribution < 1.29 is 17.8 Å². The van der Waals surface area contributed by atoms with Crippen molar-refractivity contribution in [2.75, 3.05) is 12.3 Å². The van der Waals surface area contributed by atoms with Crippen LogP contribution in [0.2, 0.25) is 0 Å². The van der Waals surface area contributed by atoms with Crippen LogP contribution in [-0.2, 0) is 14.9 Å². The molecule has 2 unspecified atom stereocenters. The summed E-state index contributed by atoms with van der Waals surface area (Å²) in [5, 5.41) is 2.65. The first kappa shape index (κ1) is 18.3. The third-order valence-corrected chi connectivity index (χ3v) is 4.14. The van der Waals surface area contributed by atoms with Crippen LogP contribution < -0.4 is 11.1 Å². The monoisotopic (exact) mass is 294 g/mol. The molecule has 0 saturated heterocycles. The number of hydrogen-bond donors (Lipinski definition) is 3. The summed E-state index contributed by atoms with van der Waals surface area (Å²) in [7, 11) is -4.12. The lowest BCUT2D eigenvalue weighted by Crippen LogP contribution is -2.50. The van der Waals surface area contributed by atoms with Crippen LogP contribution in [0.5, 0.6) is 0 Å². The summed E-state index contributed by atoms with van der Waals surface area (Å²) >= 11 is 0. The Morgan fingerprint density at radius 3 is 2.32 bits per heavy atom. The first-order chi connectivity index (χ1) is 8.50. The highest BCUT2D eigenvalue weighted by molar-refractivity contribution is 7.85. The second-order valence-corrected chi connectivity index (χ2v) is 7.20. The van der Waals surface area contributed by atoms with Crippen molar-refractivity contribution in [2.45, 2.75) is 46.1 Å². The van der Waals surface area contributed by atoms with Gasteiger partial charge in [0.05, 0.1) is 11.3 Å². The Kier molecular flexibility index (Phi) is 6.96. The molecule has 2 atom stereocenters. The van der Waals surface area contributed by atoms with Gasteiger partial charge >= 0.3 is 0 Å². The van der Waals surface area contributed by atoms with E-state index in [9.17, 15) is 13.2 Å². The first-order valence-electron chi connectivity index (χ1n) is 6.48. The number of hydrogen-bond acceptors (Lipinski definition) is 4. The van der Waals surface area contributed by atoms with E-state index in [0.29, 0.717) is 13.0 Å². The minimum absolute atomic E-state index is 0.222. The maximum absolute atomic E-state index is 12.0. The van der Waals surface area contributed by atoms with Crippen LogP contribution in [0.25, 0.3) is 0 Å². The van der Waals surface area contributed by atoms with Gasteiger partial charge in [0.25, 0.3) is 10.1 Å². The molecule has 4 N–H and O–H groups in total. The lowest BCUT2D eigenvalue weighted by molar-refractivity contribution is -0.126. The van der Waals surface area contributed by atoms with Crippen LogP contribution in [-0.4, -0.2) is 36.7 Å². The van der Waals surface area contributed by atoms with E-state index in [2.05, 4.69) is 5.32 Å². The molecule has 0 rings (SSSR count). The molecule has 0 bridgehead atoms. The molecule has 0 aromatic carbocycles. The Morgan fingerprint density at radius 2 is 1.95 bits per heavy atom. The number of carbonyl (C=O) groups excluding carboxylic acids is 1. The molecule has 7 heteroatoms. The smallest absolute Gasteiger partial charge is 0.267 e. The molecule has 0 saturated carbocycles. The Bertz CT molecular complexity index is 389. The summed E-state index contributed by atoms with van der Waals surface area (Å²) in [6.45, 7) is 7.46. The zero-order valence-corrected chi connectivity index (χ0v) is 13.0. The van der Waals surface area contributed by atoms with E-state index < -0.39 is 21.4 Å². The molecule has 0 aromatic rings. The van der Waals surface area contributed by atoms with Gasteiger partial charge in [0.2, 0.25) is 5.91 Å². The van der Waals surface area contributed by atoms with Gasteiger partial charge < -0.3 is 11.1 Å². The van der Waals surface area contributed by atoms with Gasteiger partial charge in [0, 0.05) is 5.92 Å². The van der Waals surface area contributed by atoms with Gasteiger partial charge in [-0.3, -0.25) is 9.35 Å². The quantitative estimate of drug-likeness (QED) is 0.573. The van der Waals surface area contributed by atoms with Crippen molar-refractivity contribution in [3.63, 3.8) is 0 Å². The summed E-state index contributed by atoms with van der Waals surface area (Å²) in [4.78, 5) is 12.0. The van der Waals surface area contributed by atoms with E-state index in [0.717, 1.165) is 6.42 Å². The molecule has 0 aromatic heterocycles. The maximum atomic E-state index is 12.0. The van der Waals surface area contributed by atoms with Crippen LogP contribution in [0.15, 0.2) is 0 Å². The van der Waals surface area contributed by atoms with E-state index in [4.69, 9.17) is 10.3 Å². The number of nitrogens with one attached hydrogen (secondary N) is 1. The van der Waals surface area contributed by atoms with E-state index in [-0.39, 0.29) is 17.7 Å². The third-order valence-electron chi connectivity index (χ3n) is 3.05. The summed E-state index contributed by atoms with van der Waals surface area (Å²) < 4.78 is 30.5. The van der Waals surface area contributed by atoms with Crippen LogP contribution in [0.4, 0.5) is 0 Å². The Labute approximate surface area is 115 Å². The van der Waals surface area contributed by atoms with Crippen molar-refractivity contribution in [2.24, 2.45) is 17.6 Å². The molecule has 6 nitrogen and oxygen atoms in total. The molecule has 0 radical (unpaired) electrons. The standard InChI is InChI=1S/C12H26N2O4S/c1-5-10(7-13)6-9(2)11(15)14-12(3,4)8-19(16,17)18/h9-10H,5-8,13H2,1-4H3,(H,14,15)(H,16,17,18). The second kappa shape index (κ2) is 7.21. The largest absolute Gasteiger partial charge is 0.350 e. The highest BCUT2D eigenvalue weighted by Gasteiger charge is 2.28. The van der Waals surface area contributed by atoms with E-state index in [1.165, 1.54) is 0 Å². The lowest BCUT2D eigenvalue weighted by Gasteiger charge is -2.27. The Balaban J connectivity index is 4.51. The van der Waals surface area contributed by atoms with Gasteiger partial charge in [0.1, 0.15) is 0 Å². The molecule has 0 heterocycles. The zero-order chi connectivity index (χ0) is 15.3. The normalized spacial score (nSPS) is 15.9. The summed E-state index contributed by atoms with van der Waals surface area (Å²) in [5.41, 5.74) is 4.60. The van der Waals surface area contributed by atoms with Gasteiger partial charge in [-0.2, -0.15) is 8.42 Å². The first-order valence-corrected chi connectivity index (χ1v) is 8.09. The van der Waals surface area contributed by atoms with Gasteiger partial charge in [-0.25, -0.2) is 0 Å². The average molecular weight is 294 g/mol. The topological polar surface area (TPSA) is 109 Å².